The molecule has 16 heavy (non-hydrogen) atoms. The molecule has 4 heteroatoms. The Kier molecular flexibility index (Phi) is 6.55. The molecule has 0 saturated heterocycles. The van der Waals surface area contributed by atoms with Crippen LogP contribution >= 0.6 is 0 Å². The standard InChI is InChI=1S/C12H28O2Si2/c1-7-16(8-2,9-3)11-10-12(13)14-15(4,5)6/h7-11H2,1-6H3. The van der Waals surface area contributed by atoms with Crippen LogP contribution in [-0.4, -0.2) is 22.4 Å². The summed E-state index contributed by atoms with van der Waals surface area (Å²) in [5.41, 5.74) is 0. The molecule has 96 valence electrons. The summed E-state index contributed by atoms with van der Waals surface area (Å²) in [6.07, 6.45) is 0.645. The van der Waals surface area contributed by atoms with E-state index in [0.717, 1.165) is 6.04 Å². The van der Waals surface area contributed by atoms with Crippen molar-refractivity contribution < 1.29 is 9.22 Å². The number of hydrogen-bond donors (Lipinski definition) is 0. The van der Waals surface area contributed by atoms with Crippen molar-refractivity contribution in [1.29, 1.82) is 0 Å². The van der Waals surface area contributed by atoms with Crippen molar-refractivity contribution in [3.05, 3.63) is 0 Å². The van der Waals surface area contributed by atoms with Crippen molar-refractivity contribution in [1.82, 2.24) is 0 Å². The molecule has 0 aliphatic heterocycles. The molecule has 0 aromatic rings. The van der Waals surface area contributed by atoms with Gasteiger partial charge in [0.25, 0.3) is 5.97 Å². The summed E-state index contributed by atoms with van der Waals surface area (Å²) < 4.78 is 5.49. The van der Waals surface area contributed by atoms with Crippen LogP contribution in [0.15, 0.2) is 0 Å². The molecule has 0 bridgehead atoms. The van der Waals surface area contributed by atoms with E-state index in [1.54, 1.807) is 0 Å². The normalized spacial score (nSPS) is 12.6. The lowest BCUT2D eigenvalue weighted by molar-refractivity contribution is -0.134. The average molecular weight is 261 g/mol. The highest BCUT2D eigenvalue weighted by molar-refractivity contribution is 6.79. The molecular weight excluding hydrogens is 232 g/mol. The van der Waals surface area contributed by atoms with Gasteiger partial charge in [-0.1, -0.05) is 38.9 Å². The zero-order valence-electron chi connectivity index (χ0n) is 11.9. The molecule has 0 aromatic heterocycles. The molecule has 0 amide bonds. The summed E-state index contributed by atoms with van der Waals surface area (Å²) in [4.78, 5) is 11.7. The van der Waals surface area contributed by atoms with Gasteiger partial charge in [0, 0.05) is 6.42 Å². The molecule has 0 aliphatic carbocycles. The highest BCUT2D eigenvalue weighted by Gasteiger charge is 2.28. The van der Waals surface area contributed by atoms with Gasteiger partial charge in [-0.2, -0.15) is 0 Å². The molecule has 0 rings (SSSR count). The first-order valence-electron chi connectivity index (χ1n) is 6.50. The van der Waals surface area contributed by atoms with Crippen LogP contribution in [-0.2, 0) is 9.22 Å². The molecule has 0 spiro atoms. The quantitative estimate of drug-likeness (QED) is 0.639. The monoisotopic (exact) mass is 260 g/mol. The lowest BCUT2D eigenvalue weighted by Gasteiger charge is -2.28. The van der Waals surface area contributed by atoms with E-state index in [1.807, 2.05) is 0 Å². The van der Waals surface area contributed by atoms with Gasteiger partial charge in [0.1, 0.15) is 0 Å². The highest BCUT2D eigenvalue weighted by atomic mass is 28.4. The van der Waals surface area contributed by atoms with E-state index in [9.17, 15) is 4.79 Å². The molecule has 0 fully saturated rings. The SMILES string of the molecule is CC[Si](CC)(CC)CCC(=O)O[Si](C)(C)C. The van der Waals surface area contributed by atoms with E-state index >= 15 is 0 Å². The summed E-state index contributed by atoms with van der Waals surface area (Å²) in [7, 11) is -2.82. The lowest BCUT2D eigenvalue weighted by atomic mass is 10.5. The minimum Gasteiger partial charge on any atom is -0.520 e. The van der Waals surface area contributed by atoms with Crippen molar-refractivity contribution in [3.8, 4) is 0 Å². The molecule has 0 radical (unpaired) electrons. The first-order chi connectivity index (χ1) is 7.28. The Morgan fingerprint density at radius 1 is 1.00 bits per heavy atom. The summed E-state index contributed by atoms with van der Waals surface area (Å²) in [6, 6.07) is 4.99. The van der Waals surface area contributed by atoms with Crippen LogP contribution in [0.3, 0.4) is 0 Å². The van der Waals surface area contributed by atoms with Crippen molar-refractivity contribution in [2.75, 3.05) is 0 Å². The fourth-order valence-electron chi connectivity index (χ4n) is 2.04. The van der Waals surface area contributed by atoms with Crippen molar-refractivity contribution in [2.24, 2.45) is 0 Å². The van der Waals surface area contributed by atoms with E-state index < -0.39 is 16.4 Å². The molecule has 0 saturated carbocycles. The Morgan fingerprint density at radius 3 is 1.75 bits per heavy atom. The third-order valence-electron chi connectivity index (χ3n) is 3.53. The topological polar surface area (TPSA) is 26.3 Å². The second-order valence-corrected chi connectivity index (χ2v) is 15.7. The molecular formula is C12H28O2Si2. The molecule has 0 heterocycles. The van der Waals surface area contributed by atoms with Crippen LogP contribution in [0.5, 0.6) is 0 Å². The molecule has 0 aliphatic rings. The summed E-state index contributed by atoms with van der Waals surface area (Å²) >= 11 is 0. The summed E-state index contributed by atoms with van der Waals surface area (Å²) in [5, 5.41) is 0. The van der Waals surface area contributed by atoms with Gasteiger partial charge in [-0.05, 0) is 25.7 Å². The van der Waals surface area contributed by atoms with Gasteiger partial charge in [-0.15, -0.1) is 0 Å². The Balaban J connectivity index is 4.17. The molecule has 2 nitrogen and oxygen atoms in total. The molecule has 0 N–H and O–H groups in total. The Morgan fingerprint density at radius 2 is 1.44 bits per heavy atom. The van der Waals surface area contributed by atoms with Gasteiger partial charge in [-0.25, -0.2) is 0 Å². The van der Waals surface area contributed by atoms with Gasteiger partial charge in [-0.3, -0.25) is 4.79 Å². The van der Waals surface area contributed by atoms with E-state index in [1.165, 1.54) is 18.1 Å². The summed E-state index contributed by atoms with van der Waals surface area (Å²) in [6.45, 7) is 13.0. The number of rotatable bonds is 7. The first kappa shape index (κ1) is 15.9. The first-order valence-corrected chi connectivity index (χ1v) is 12.7. The van der Waals surface area contributed by atoms with Crippen LogP contribution < -0.4 is 0 Å². The van der Waals surface area contributed by atoms with Crippen LogP contribution in [0.25, 0.3) is 0 Å². The van der Waals surface area contributed by atoms with E-state index in [4.69, 9.17) is 4.43 Å². The summed E-state index contributed by atoms with van der Waals surface area (Å²) in [5.74, 6) is 0.0337. The van der Waals surface area contributed by atoms with Crippen LogP contribution in [0, 0.1) is 0 Å². The third-order valence-corrected chi connectivity index (χ3v) is 10.2. The Hall–Kier alpha value is -0.0962. The maximum atomic E-state index is 11.7. The van der Waals surface area contributed by atoms with Gasteiger partial charge >= 0.3 is 0 Å². The lowest BCUT2D eigenvalue weighted by Crippen LogP contribution is -2.34. The predicted molar refractivity (Wildman–Crippen MR) is 76.1 cm³/mol. The van der Waals surface area contributed by atoms with Gasteiger partial charge < -0.3 is 4.43 Å². The van der Waals surface area contributed by atoms with Crippen LogP contribution in [0.2, 0.25) is 43.8 Å². The fourth-order valence-corrected chi connectivity index (χ4v) is 6.12. The van der Waals surface area contributed by atoms with Crippen LogP contribution in [0.4, 0.5) is 0 Å². The Labute approximate surface area is 103 Å². The zero-order valence-corrected chi connectivity index (χ0v) is 13.9. The Bertz CT molecular complexity index is 209. The van der Waals surface area contributed by atoms with E-state index in [-0.39, 0.29) is 5.97 Å². The highest BCUT2D eigenvalue weighted by Crippen LogP contribution is 2.26. The largest absolute Gasteiger partial charge is 0.520 e. The predicted octanol–water partition coefficient (Wildman–Crippen LogP) is 4.26. The van der Waals surface area contributed by atoms with E-state index in [2.05, 4.69) is 40.4 Å². The van der Waals surface area contributed by atoms with Crippen molar-refractivity contribution in [2.45, 2.75) is 71.0 Å². The average Bonchev–Trinajstić information content (AvgIpc) is 2.18. The maximum Gasteiger partial charge on any atom is 0.292 e. The van der Waals surface area contributed by atoms with Crippen molar-refractivity contribution in [3.63, 3.8) is 0 Å². The smallest absolute Gasteiger partial charge is 0.292 e. The van der Waals surface area contributed by atoms with Gasteiger partial charge in [0.2, 0.25) is 8.32 Å². The fraction of sp³-hybridized carbons (Fsp3) is 0.917. The number of carbonyl (C=O) groups is 1. The van der Waals surface area contributed by atoms with E-state index in [0.29, 0.717) is 6.42 Å². The number of hydrogen-bond acceptors (Lipinski definition) is 2. The maximum absolute atomic E-state index is 11.7. The molecule has 0 unspecified atom stereocenters. The minimum atomic E-state index is -1.68. The second-order valence-electron chi connectivity index (χ2n) is 5.65. The van der Waals surface area contributed by atoms with Crippen molar-refractivity contribution >= 4 is 22.4 Å². The number of carbonyl (C=O) groups excluding carboxylic acids is 1. The third kappa shape index (κ3) is 5.84. The van der Waals surface area contributed by atoms with Gasteiger partial charge in [0.05, 0.1) is 8.07 Å². The van der Waals surface area contributed by atoms with Crippen LogP contribution in [0.1, 0.15) is 27.2 Å². The molecule has 0 atom stereocenters. The minimum absolute atomic E-state index is 0.0337. The van der Waals surface area contributed by atoms with Gasteiger partial charge in [0.15, 0.2) is 0 Å². The zero-order chi connectivity index (χ0) is 12.8. The second kappa shape index (κ2) is 6.59. The molecule has 0 aromatic carbocycles.